The van der Waals surface area contributed by atoms with E-state index in [2.05, 4.69) is 20.8 Å². The molecule has 0 nitrogen and oxygen atoms in total. The van der Waals surface area contributed by atoms with Crippen molar-refractivity contribution in [2.45, 2.75) is 149 Å². The van der Waals surface area contributed by atoms with Gasteiger partial charge >= 0.3 is 0 Å². The Balaban J connectivity index is 3.07. The van der Waals surface area contributed by atoms with Crippen molar-refractivity contribution in [3.05, 3.63) is 6.92 Å². The molecule has 0 spiro atoms. The standard InChI is InChI=1S/C25H51/c1-4-7-8-9-10-11-12-13-14-15-16-17-18-19-20-21-22-24-25(6-3)23-5-2/h25H,3-24H2,1-2H3. The van der Waals surface area contributed by atoms with Gasteiger partial charge in [0.05, 0.1) is 0 Å². The first-order valence-corrected chi connectivity index (χ1v) is 12.1. The molecule has 0 aliphatic heterocycles. The molecule has 0 saturated carbocycles. The maximum absolute atomic E-state index is 4.10. The highest BCUT2D eigenvalue weighted by Gasteiger charge is 2.04. The molecule has 151 valence electrons. The van der Waals surface area contributed by atoms with E-state index in [0.717, 1.165) is 12.3 Å². The van der Waals surface area contributed by atoms with Crippen molar-refractivity contribution in [3.8, 4) is 0 Å². The maximum Gasteiger partial charge on any atom is -0.0414 e. The van der Waals surface area contributed by atoms with Crippen molar-refractivity contribution >= 4 is 0 Å². The van der Waals surface area contributed by atoms with E-state index in [1.54, 1.807) is 0 Å². The van der Waals surface area contributed by atoms with E-state index >= 15 is 0 Å². The van der Waals surface area contributed by atoms with Gasteiger partial charge in [0.1, 0.15) is 0 Å². The Hall–Kier alpha value is 0. The van der Waals surface area contributed by atoms with Crippen LogP contribution in [0.5, 0.6) is 0 Å². The highest BCUT2D eigenvalue weighted by molar-refractivity contribution is 4.60. The first-order chi connectivity index (χ1) is 12.3. The molecular formula is C25H51. The van der Waals surface area contributed by atoms with Crippen LogP contribution in [0.4, 0.5) is 0 Å². The van der Waals surface area contributed by atoms with Gasteiger partial charge in [0.15, 0.2) is 0 Å². The van der Waals surface area contributed by atoms with E-state index in [1.807, 2.05) is 0 Å². The van der Waals surface area contributed by atoms with Gasteiger partial charge in [-0.3, -0.25) is 0 Å². The Morgan fingerprint density at radius 2 is 0.800 bits per heavy atom. The van der Waals surface area contributed by atoms with Crippen LogP contribution in [0.15, 0.2) is 0 Å². The second-order valence-corrected chi connectivity index (χ2v) is 8.39. The van der Waals surface area contributed by atoms with Gasteiger partial charge in [-0.1, -0.05) is 156 Å². The van der Waals surface area contributed by atoms with Crippen molar-refractivity contribution in [2.24, 2.45) is 5.92 Å². The summed E-state index contributed by atoms with van der Waals surface area (Å²) < 4.78 is 0. The molecule has 0 bridgehead atoms. The first kappa shape index (κ1) is 25.0. The Morgan fingerprint density at radius 3 is 1.12 bits per heavy atom. The van der Waals surface area contributed by atoms with E-state index in [1.165, 1.54) is 128 Å². The van der Waals surface area contributed by atoms with E-state index in [-0.39, 0.29) is 0 Å². The Labute approximate surface area is 161 Å². The van der Waals surface area contributed by atoms with Crippen LogP contribution in [0.25, 0.3) is 0 Å². The average Bonchev–Trinajstić information content (AvgIpc) is 2.63. The fourth-order valence-electron chi connectivity index (χ4n) is 4.00. The summed E-state index contributed by atoms with van der Waals surface area (Å²) in [7, 11) is 0. The van der Waals surface area contributed by atoms with Crippen molar-refractivity contribution in [2.75, 3.05) is 0 Å². The van der Waals surface area contributed by atoms with Gasteiger partial charge in [0.2, 0.25) is 0 Å². The van der Waals surface area contributed by atoms with Gasteiger partial charge in [-0.25, -0.2) is 0 Å². The molecule has 0 aromatic rings. The lowest BCUT2D eigenvalue weighted by molar-refractivity contribution is 0.421. The first-order valence-electron chi connectivity index (χ1n) is 12.1. The molecule has 0 aliphatic rings. The molecule has 0 heteroatoms. The van der Waals surface area contributed by atoms with Gasteiger partial charge < -0.3 is 0 Å². The summed E-state index contributed by atoms with van der Waals surface area (Å²) >= 11 is 0. The topological polar surface area (TPSA) is 0 Å². The van der Waals surface area contributed by atoms with Crippen LogP contribution in [-0.4, -0.2) is 0 Å². The second kappa shape index (κ2) is 22.0. The number of unbranched alkanes of at least 4 members (excludes halogenated alkanes) is 16. The smallest absolute Gasteiger partial charge is 0.0414 e. The molecule has 0 aromatic carbocycles. The van der Waals surface area contributed by atoms with E-state index in [9.17, 15) is 0 Å². The van der Waals surface area contributed by atoms with E-state index in [4.69, 9.17) is 0 Å². The molecular weight excluding hydrogens is 300 g/mol. The fourth-order valence-corrected chi connectivity index (χ4v) is 4.00. The lowest BCUT2D eigenvalue weighted by atomic mass is 9.94. The molecule has 1 unspecified atom stereocenters. The van der Waals surface area contributed by atoms with Crippen LogP contribution >= 0.6 is 0 Å². The van der Waals surface area contributed by atoms with Crippen LogP contribution in [0.3, 0.4) is 0 Å². The van der Waals surface area contributed by atoms with Crippen LogP contribution in [0.2, 0.25) is 0 Å². The van der Waals surface area contributed by atoms with Crippen molar-refractivity contribution in [3.63, 3.8) is 0 Å². The zero-order valence-corrected chi connectivity index (χ0v) is 18.1. The van der Waals surface area contributed by atoms with Crippen molar-refractivity contribution in [1.29, 1.82) is 0 Å². The molecule has 0 rings (SSSR count). The minimum absolute atomic E-state index is 0.904. The quantitative estimate of drug-likeness (QED) is 0.180. The van der Waals surface area contributed by atoms with Gasteiger partial charge in [-0.15, -0.1) is 0 Å². The second-order valence-electron chi connectivity index (χ2n) is 8.39. The third kappa shape index (κ3) is 20.2. The molecule has 0 amide bonds. The Morgan fingerprint density at radius 1 is 0.440 bits per heavy atom. The zero-order chi connectivity index (χ0) is 18.4. The summed E-state index contributed by atoms with van der Waals surface area (Å²) in [5.41, 5.74) is 0. The van der Waals surface area contributed by atoms with Crippen molar-refractivity contribution < 1.29 is 0 Å². The molecule has 1 atom stereocenters. The largest absolute Gasteiger partial charge is 0.0654 e. The highest BCUT2D eigenvalue weighted by Crippen LogP contribution is 2.19. The highest BCUT2D eigenvalue weighted by atomic mass is 14.1. The molecule has 0 N–H and O–H groups in total. The molecule has 0 aromatic heterocycles. The van der Waals surface area contributed by atoms with Crippen LogP contribution in [0.1, 0.15) is 149 Å². The molecule has 0 aliphatic carbocycles. The van der Waals surface area contributed by atoms with Gasteiger partial charge in [0, 0.05) is 0 Å². The van der Waals surface area contributed by atoms with Crippen LogP contribution < -0.4 is 0 Å². The predicted molar refractivity (Wildman–Crippen MR) is 117 cm³/mol. The fraction of sp³-hybridized carbons (Fsp3) is 0.960. The lowest BCUT2D eigenvalue weighted by Gasteiger charge is -2.12. The van der Waals surface area contributed by atoms with Crippen molar-refractivity contribution in [1.82, 2.24) is 0 Å². The van der Waals surface area contributed by atoms with E-state index in [0.29, 0.717) is 0 Å². The summed E-state index contributed by atoms with van der Waals surface area (Å²) in [5, 5.41) is 0. The molecule has 1 radical (unpaired) electrons. The van der Waals surface area contributed by atoms with Gasteiger partial charge in [-0.05, 0) is 5.92 Å². The van der Waals surface area contributed by atoms with Gasteiger partial charge in [0.25, 0.3) is 0 Å². The van der Waals surface area contributed by atoms with Crippen LogP contribution in [-0.2, 0) is 0 Å². The maximum atomic E-state index is 4.10. The lowest BCUT2D eigenvalue weighted by Crippen LogP contribution is -1.98. The number of hydrogen-bond acceptors (Lipinski definition) is 0. The summed E-state index contributed by atoms with van der Waals surface area (Å²) in [5.74, 6) is 0.904. The zero-order valence-electron chi connectivity index (χ0n) is 18.1. The predicted octanol–water partition coefficient (Wildman–Crippen LogP) is 9.67. The molecule has 0 heterocycles. The minimum Gasteiger partial charge on any atom is -0.0654 e. The summed E-state index contributed by atoms with van der Waals surface area (Å²) in [4.78, 5) is 0. The summed E-state index contributed by atoms with van der Waals surface area (Å²) in [6.07, 6.45) is 30.2. The third-order valence-corrected chi connectivity index (χ3v) is 5.82. The SMILES string of the molecule is [CH2]CC(CCC)CCCCCCCCCCCCCCCCCCC. The normalized spacial score (nSPS) is 12.6. The van der Waals surface area contributed by atoms with Gasteiger partial charge in [-0.2, -0.15) is 0 Å². The molecule has 25 heavy (non-hydrogen) atoms. The van der Waals surface area contributed by atoms with E-state index < -0.39 is 0 Å². The molecule has 0 saturated heterocycles. The summed E-state index contributed by atoms with van der Waals surface area (Å²) in [6.45, 7) is 8.70. The summed E-state index contributed by atoms with van der Waals surface area (Å²) in [6, 6.07) is 0. The molecule has 0 fully saturated rings. The minimum atomic E-state index is 0.904. The monoisotopic (exact) mass is 351 g/mol. The van der Waals surface area contributed by atoms with Crippen LogP contribution in [0, 0.1) is 12.8 Å². The Bertz CT molecular complexity index is 220. The third-order valence-electron chi connectivity index (χ3n) is 5.82. The average molecular weight is 352 g/mol. The number of hydrogen-bond donors (Lipinski definition) is 0. The Kier molecular flexibility index (Phi) is 22.0. The number of rotatable bonds is 21.